The second-order valence-corrected chi connectivity index (χ2v) is 10.6. The largest absolute Gasteiger partial charge is 0.323 e. The topological polar surface area (TPSA) is 68.1 Å². The van der Waals surface area contributed by atoms with E-state index in [1.165, 1.54) is 4.31 Å². The molecule has 4 aromatic rings. The quantitative estimate of drug-likeness (QED) is 0.460. The molecule has 0 saturated carbocycles. The van der Waals surface area contributed by atoms with Gasteiger partial charge in [-0.25, -0.2) is 13.4 Å². The molecule has 0 spiro atoms. The SMILES string of the molecule is CN(c1ccc2c(c1)nc(C(C)(C)C)n2Cc1ccncc1)S(=O)(=O)c1ccccc1. The highest BCUT2D eigenvalue weighted by Crippen LogP contribution is 2.31. The minimum Gasteiger partial charge on any atom is -0.323 e. The van der Waals surface area contributed by atoms with Crippen molar-refractivity contribution in [3.05, 3.63) is 84.4 Å². The van der Waals surface area contributed by atoms with Crippen LogP contribution in [0.2, 0.25) is 0 Å². The first kappa shape index (κ1) is 21.1. The maximum Gasteiger partial charge on any atom is 0.264 e. The van der Waals surface area contributed by atoms with Crippen LogP contribution in [0.3, 0.4) is 0 Å². The summed E-state index contributed by atoms with van der Waals surface area (Å²) in [5, 5.41) is 0. The van der Waals surface area contributed by atoms with Crippen LogP contribution >= 0.6 is 0 Å². The molecule has 2 aromatic carbocycles. The van der Waals surface area contributed by atoms with Crippen molar-refractivity contribution in [2.24, 2.45) is 0 Å². The van der Waals surface area contributed by atoms with Crippen molar-refractivity contribution in [3.63, 3.8) is 0 Å². The van der Waals surface area contributed by atoms with Crippen molar-refractivity contribution in [2.45, 2.75) is 37.6 Å². The average Bonchev–Trinajstić information content (AvgIpc) is 3.12. The van der Waals surface area contributed by atoms with Gasteiger partial charge in [0.2, 0.25) is 0 Å². The molecular formula is C24H26N4O2S. The Morgan fingerprint density at radius 1 is 0.968 bits per heavy atom. The molecule has 2 aromatic heterocycles. The van der Waals surface area contributed by atoms with Crippen LogP contribution in [0.4, 0.5) is 5.69 Å². The molecule has 0 N–H and O–H groups in total. The van der Waals surface area contributed by atoms with Gasteiger partial charge in [-0.1, -0.05) is 39.0 Å². The molecule has 0 radical (unpaired) electrons. The summed E-state index contributed by atoms with van der Waals surface area (Å²) in [6, 6.07) is 18.1. The minimum atomic E-state index is -3.65. The normalized spacial score (nSPS) is 12.3. The van der Waals surface area contributed by atoms with Gasteiger partial charge in [0.1, 0.15) is 5.82 Å². The lowest BCUT2D eigenvalue weighted by atomic mass is 9.95. The Labute approximate surface area is 183 Å². The number of fused-ring (bicyclic) bond motifs is 1. The van der Waals surface area contributed by atoms with E-state index >= 15 is 0 Å². The number of benzene rings is 2. The summed E-state index contributed by atoms with van der Waals surface area (Å²) in [6.07, 6.45) is 3.57. The second-order valence-electron chi connectivity index (χ2n) is 8.59. The fraction of sp³-hybridized carbons (Fsp3) is 0.250. The van der Waals surface area contributed by atoms with Crippen molar-refractivity contribution in [3.8, 4) is 0 Å². The lowest BCUT2D eigenvalue weighted by Crippen LogP contribution is -2.26. The molecule has 31 heavy (non-hydrogen) atoms. The third kappa shape index (κ3) is 4.05. The standard InChI is InChI=1S/C24H26N4O2S/c1-24(2,3)23-26-21-16-19(27(4)31(29,30)20-8-6-5-7-9-20)10-11-22(21)28(23)17-18-12-14-25-15-13-18/h5-16H,17H2,1-4H3. The molecule has 0 bridgehead atoms. The third-order valence-corrected chi connectivity index (χ3v) is 7.06. The Morgan fingerprint density at radius 3 is 2.29 bits per heavy atom. The van der Waals surface area contributed by atoms with Gasteiger partial charge in [0, 0.05) is 31.4 Å². The monoisotopic (exact) mass is 434 g/mol. The lowest BCUT2D eigenvalue weighted by Gasteiger charge is -2.20. The number of pyridine rings is 1. The van der Waals surface area contributed by atoms with Crippen LogP contribution in [0.15, 0.2) is 78.0 Å². The van der Waals surface area contributed by atoms with E-state index in [0.29, 0.717) is 12.2 Å². The van der Waals surface area contributed by atoms with Crippen LogP contribution in [0, 0.1) is 0 Å². The molecule has 7 heteroatoms. The number of hydrogen-bond acceptors (Lipinski definition) is 4. The van der Waals surface area contributed by atoms with E-state index < -0.39 is 10.0 Å². The Morgan fingerprint density at radius 2 is 1.65 bits per heavy atom. The van der Waals surface area contributed by atoms with Gasteiger partial charge in [-0.15, -0.1) is 0 Å². The van der Waals surface area contributed by atoms with E-state index in [4.69, 9.17) is 4.98 Å². The van der Waals surface area contributed by atoms with Gasteiger partial charge in [0.15, 0.2) is 0 Å². The maximum absolute atomic E-state index is 13.0. The number of anilines is 1. The van der Waals surface area contributed by atoms with Crippen molar-refractivity contribution in [1.29, 1.82) is 0 Å². The summed E-state index contributed by atoms with van der Waals surface area (Å²) in [4.78, 5) is 9.26. The summed E-state index contributed by atoms with van der Waals surface area (Å²) in [7, 11) is -2.08. The summed E-state index contributed by atoms with van der Waals surface area (Å²) < 4.78 is 29.6. The van der Waals surface area contributed by atoms with Crippen LogP contribution in [-0.4, -0.2) is 30.0 Å². The number of imidazole rings is 1. The van der Waals surface area contributed by atoms with Crippen LogP contribution in [0.5, 0.6) is 0 Å². The van der Waals surface area contributed by atoms with E-state index in [1.54, 1.807) is 49.8 Å². The Bertz CT molecular complexity index is 1310. The highest BCUT2D eigenvalue weighted by atomic mass is 32.2. The fourth-order valence-electron chi connectivity index (χ4n) is 3.61. The highest BCUT2D eigenvalue weighted by Gasteiger charge is 2.25. The van der Waals surface area contributed by atoms with E-state index in [9.17, 15) is 8.42 Å². The summed E-state index contributed by atoms with van der Waals surface area (Å²) in [5.41, 5.74) is 3.27. The van der Waals surface area contributed by atoms with Gasteiger partial charge in [0.25, 0.3) is 10.0 Å². The van der Waals surface area contributed by atoms with Crippen molar-refractivity contribution >= 4 is 26.7 Å². The number of rotatable bonds is 5. The number of aromatic nitrogens is 3. The van der Waals surface area contributed by atoms with Gasteiger partial charge in [-0.2, -0.15) is 0 Å². The molecular weight excluding hydrogens is 408 g/mol. The number of hydrogen-bond donors (Lipinski definition) is 0. The highest BCUT2D eigenvalue weighted by molar-refractivity contribution is 7.92. The Kier molecular flexibility index (Phi) is 5.31. The molecule has 6 nitrogen and oxygen atoms in total. The smallest absolute Gasteiger partial charge is 0.264 e. The molecule has 0 unspecified atom stereocenters. The lowest BCUT2D eigenvalue weighted by molar-refractivity contribution is 0.516. The molecule has 0 aliphatic heterocycles. The van der Waals surface area contributed by atoms with Gasteiger partial charge >= 0.3 is 0 Å². The van der Waals surface area contributed by atoms with Crippen molar-refractivity contribution < 1.29 is 8.42 Å². The van der Waals surface area contributed by atoms with Crippen molar-refractivity contribution in [2.75, 3.05) is 11.4 Å². The van der Waals surface area contributed by atoms with Gasteiger partial charge in [-0.3, -0.25) is 9.29 Å². The summed E-state index contributed by atoms with van der Waals surface area (Å²) >= 11 is 0. The number of nitrogens with zero attached hydrogens (tertiary/aromatic N) is 4. The van der Waals surface area contributed by atoms with Crippen LogP contribution in [-0.2, 0) is 22.0 Å². The molecule has 0 aliphatic carbocycles. The van der Waals surface area contributed by atoms with Gasteiger partial charge < -0.3 is 4.57 Å². The molecule has 160 valence electrons. The van der Waals surface area contributed by atoms with E-state index in [2.05, 4.69) is 30.3 Å². The molecule has 0 saturated heterocycles. The first-order chi connectivity index (χ1) is 14.7. The van der Waals surface area contributed by atoms with Crippen LogP contribution in [0.25, 0.3) is 11.0 Å². The first-order valence-corrected chi connectivity index (χ1v) is 11.6. The zero-order valence-corrected chi connectivity index (χ0v) is 19.0. The maximum atomic E-state index is 13.0. The summed E-state index contributed by atoms with van der Waals surface area (Å²) in [5.74, 6) is 0.949. The predicted octanol–water partition coefficient (Wildman–Crippen LogP) is 4.60. The fourth-order valence-corrected chi connectivity index (χ4v) is 4.82. The van der Waals surface area contributed by atoms with Crippen LogP contribution in [0.1, 0.15) is 32.2 Å². The van der Waals surface area contributed by atoms with E-state index in [1.807, 2.05) is 30.3 Å². The number of sulfonamides is 1. The van der Waals surface area contributed by atoms with Crippen LogP contribution < -0.4 is 4.31 Å². The first-order valence-electron chi connectivity index (χ1n) is 10.1. The molecule has 0 amide bonds. The zero-order chi connectivity index (χ0) is 22.2. The second kappa shape index (κ2) is 7.81. The third-order valence-electron chi connectivity index (χ3n) is 5.26. The molecule has 2 heterocycles. The molecule has 0 fully saturated rings. The average molecular weight is 435 g/mol. The van der Waals surface area contributed by atoms with E-state index in [0.717, 1.165) is 22.4 Å². The van der Waals surface area contributed by atoms with E-state index in [-0.39, 0.29) is 10.3 Å². The summed E-state index contributed by atoms with van der Waals surface area (Å²) in [6.45, 7) is 7.06. The predicted molar refractivity (Wildman–Crippen MR) is 124 cm³/mol. The zero-order valence-electron chi connectivity index (χ0n) is 18.1. The van der Waals surface area contributed by atoms with Crippen molar-refractivity contribution in [1.82, 2.24) is 14.5 Å². The van der Waals surface area contributed by atoms with Gasteiger partial charge in [0.05, 0.1) is 21.6 Å². The minimum absolute atomic E-state index is 0.172. The Balaban J connectivity index is 1.80. The molecule has 0 aliphatic rings. The molecule has 0 atom stereocenters. The van der Waals surface area contributed by atoms with Gasteiger partial charge in [-0.05, 0) is 48.0 Å². The molecule has 4 rings (SSSR count). The Hall–Kier alpha value is -3.19.